The number of nitrogens with one attached hydrogen (secondary N) is 2. The van der Waals surface area contributed by atoms with E-state index < -0.39 is 11.7 Å². The number of thioether (sulfide) groups is 1. The highest BCUT2D eigenvalue weighted by molar-refractivity contribution is 14.0. The van der Waals surface area contributed by atoms with E-state index >= 15 is 0 Å². The number of hydrogen-bond donors (Lipinski definition) is 4. The molecule has 25 heavy (non-hydrogen) atoms. The molecule has 0 spiro atoms. The number of rotatable bonds is 5. The van der Waals surface area contributed by atoms with Gasteiger partial charge >= 0.3 is 0 Å². The van der Waals surface area contributed by atoms with Crippen molar-refractivity contribution in [2.75, 3.05) is 31.6 Å². The average Bonchev–Trinajstić information content (AvgIpc) is 3.21. The quantitative estimate of drug-likeness (QED) is 0.293. The number of aliphatic hydroxyl groups is 2. The van der Waals surface area contributed by atoms with Crippen molar-refractivity contribution in [2.45, 2.75) is 18.1 Å². The predicted octanol–water partition coefficient (Wildman–Crippen LogP) is 2.59. The van der Waals surface area contributed by atoms with Crippen LogP contribution in [-0.4, -0.2) is 53.4 Å². The highest BCUT2D eigenvalue weighted by Crippen LogP contribution is 2.29. The van der Waals surface area contributed by atoms with E-state index in [-0.39, 0.29) is 24.0 Å². The van der Waals surface area contributed by atoms with Crippen LogP contribution in [0.3, 0.4) is 0 Å². The van der Waals surface area contributed by atoms with E-state index in [1.54, 1.807) is 30.1 Å². The predicted molar refractivity (Wildman–Crippen MR) is 118 cm³/mol. The van der Waals surface area contributed by atoms with Gasteiger partial charge in [0.05, 0.1) is 5.60 Å². The minimum atomic E-state index is -0.660. The number of nitrogens with zero attached hydrogens (tertiary/aromatic N) is 1. The van der Waals surface area contributed by atoms with Crippen LogP contribution in [0.4, 0.5) is 0 Å². The third-order valence-corrected chi connectivity index (χ3v) is 6.58. The van der Waals surface area contributed by atoms with Gasteiger partial charge in [0.1, 0.15) is 6.10 Å². The van der Waals surface area contributed by atoms with Gasteiger partial charge in [0.2, 0.25) is 0 Å². The van der Waals surface area contributed by atoms with Crippen LogP contribution in [-0.2, 0) is 0 Å². The zero-order valence-corrected chi connectivity index (χ0v) is 18.0. The first-order valence-electron chi connectivity index (χ1n) is 8.01. The molecule has 5 nitrogen and oxygen atoms in total. The summed E-state index contributed by atoms with van der Waals surface area (Å²) in [5.41, 5.74) is -0.660. The van der Waals surface area contributed by atoms with Crippen molar-refractivity contribution in [3.63, 3.8) is 0 Å². The first-order chi connectivity index (χ1) is 11.6. The molecule has 2 atom stereocenters. The minimum Gasteiger partial charge on any atom is -0.387 e. The van der Waals surface area contributed by atoms with Crippen molar-refractivity contribution in [3.05, 3.63) is 35.2 Å². The minimum absolute atomic E-state index is 0. The fourth-order valence-corrected chi connectivity index (χ4v) is 5.01. The monoisotopic (exact) mass is 493 g/mol. The van der Waals surface area contributed by atoms with E-state index in [1.807, 2.05) is 18.2 Å². The molecule has 1 aromatic heterocycles. The molecule has 8 heteroatoms. The Morgan fingerprint density at radius 1 is 1.36 bits per heavy atom. The van der Waals surface area contributed by atoms with Crippen LogP contribution >= 0.6 is 47.1 Å². The Balaban J connectivity index is 0.00000225. The van der Waals surface area contributed by atoms with E-state index in [0.717, 1.165) is 28.2 Å². The second kappa shape index (κ2) is 9.40. The smallest absolute Gasteiger partial charge is 0.191 e. The van der Waals surface area contributed by atoms with Gasteiger partial charge in [0, 0.05) is 35.5 Å². The summed E-state index contributed by atoms with van der Waals surface area (Å²) < 4.78 is 1.18. The Kier molecular flexibility index (Phi) is 7.81. The van der Waals surface area contributed by atoms with Gasteiger partial charge in [0.15, 0.2) is 5.96 Å². The van der Waals surface area contributed by atoms with E-state index in [1.165, 1.54) is 4.70 Å². The van der Waals surface area contributed by atoms with Crippen molar-refractivity contribution >= 4 is 63.1 Å². The molecular weight excluding hydrogens is 469 g/mol. The van der Waals surface area contributed by atoms with Crippen LogP contribution in [0.5, 0.6) is 0 Å². The van der Waals surface area contributed by atoms with Gasteiger partial charge in [-0.05, 0) is 29.7 Å². The molecule has 1 aromatic carbocycles. The highest BCUT2D eigenvalue weighted by Gasteiger charge is 2.31. The van der Waals surface area contributed by atoms with Crippen molar-refractivity contribution in [1.82, 2.24) is 10.6 Å². The molecule has 0 aliphatic carbocycles. The average molecular weight is 493 g/mol. The molecule has 2 heterocycles. The number of thiophene rings is 1. The molecule has 138 valence electrons. The number of fused-ring (bicyclic) bond motifs is 1. The topological polar surface area (TPSA) is 76.9 Å². The first kappa shape index (κ1) is 20.8. The molecule has 0 amide bonds. The fraction of sp³-hybridized carbons (Fsp3) is 0.471. The maximum Gasteiger partial charge on any atom is 0.191 e. The van der Waals surface area contributed by atoms with Gasteiger partial charge in [-0.15, -0.1) is 35.3 Å². The molecule has 0 bridgehead atoms. The molecule has 1 aliphatic rings. The zero-order valence-electron chi connectivity index (χ0n) is 14.1. The number of aliphatic hydroxyl groups excluding tert-OH is 1. The van der Waals surface area contributed by atoms with Crippen molar-refractivity contribution < 1.29 is 10.2 Å². The van der Waals surface area contributed by atoms with Crippen molar-refractivity contribution in [3.8, 4) is 0 Å². The van der Waals surface area contributed by atoms with E-state index in [0.29, 0.717) is 19.0 Å². The SMILES string of the molecule is CN=C(NCC(O)c1cc2ccccc2s1)NCC1(O)CCSC1.I. The number of halogens is 1. The van der Waals surface area contributed by atoms with Gasteiger partial charge in [-0.25, -0.2) is 0 Å². The third kappa shape index (κ3) is 5.46. The molecule has 2 unspecified atom stereocenters. The summed E-state index contributed by atoms with van der Waals surface area (Å²) in [6, 6.07) is 10.1. The maximum atomic E-state index is 10.4. The number of guanidine groups is 1. The number of aliphatic imine (C=N–C) groups is 1. The molecule has 1 fully saturated rings. The zero-order chi connectivity index (χ0) is 17.0. The van der Waals surface area contributed by atoms with Gasteiger partial charge < -0.3 is 20.8 Å². The van der Waals surface area contributed by atoms with E-state index in [2.05, 4.69) is 27.8 Å². The summed E-state index contributed by atoms with van der Waals surface area (Å²) in [7, 11) is 1.69. The Morgan fingerprint density at radius 2 is 2.16 bits per heavy atom. The van der Waals surface area contributed by atoms with Gasteiger partial charge in [0.25, 0.3) is 0 Å². The first-order valence-corrected chi connectivity index (χ1v) is 9.98. The van der Waals surface area contributed by atoms with Crippen LogP contribution < -0.4 is 10.6 Å². The van der Waals surface area contributed by atoms with Crippen molar-refractivity contribution in [1.29, 1.82) is 0 Å². The van der Waals surface area contributed by atoms with E-state index in [4.69, 9.17) is 0 Å². The molecule has 0 saturated carbocycles. The Bertz CT molecular complexity index is 684. The number of hydrogen-bond acceptors (Lipinski definition) is 5. The number of benzene rings is 1. The van der Waals surface area contributed by atoms with Crippen LogP contribution in [0, 0.1) is 0 Å². The Hall–Kier alpha value is -0.550. The summed E-state index contributed by atoms with van der Waals surface area (Å²) >= 11 is 3.37. The molecule has 2 aromatic rings. The second-order valence-corrected chi connectivity index (χ2v) is 8.26. The lowest BCUT2D eigenvalue weighted by Crippen LogP contribution is -2.48. The van der Waals surface area contributed by atoms with Crippen molar-refractivity contribution in [2.24, 2.45) is 4.99 Å². The summed E-state index contributed by atoms with van der Waals surface area (Å²) in [6.45, 7) is 0.846. The molecular formula is C17H24IN3O2S2. The lowest BCUT2D eigenvalue weighted by molar-refractivity contribution is 0.0723. The maximum absolute atomic E-state index is 10.4. The summed E-state index contributed by atoms with van der Waals surface area (Å²) in [6.07, 6.45) is 0.206. The van der Waals surface area contributed by atoms with Crippen LogP contribution in [0.1, 0.15) is 17.4 Å². The lowest BCUT2D eigenvalue weighted by Gasteiger charge is -2.23. The van der Waals surface area contributed by atoms with Crippen LogP contribution in [0.15, 0.2) is 35.3 Å². The lowest BCUT2D eigenvalue weighted by atomic mass is 10.0. The fourth-order valence-electron chi connectivity index (χ4n) is 2.67. The molecule has 1 saturated heterocycles. The van der Waals surface area contributed by atoms with Crippen LogP contribution in [0.25, 0.3) is 10.1 Å². The highest BCUT2D eigenvalue weighted by atomic mass is 127. The molecule has 3 rings (SSSR count). The third-order valence-electron chi connectivity index (χ3n) is 4.13. The summed E-state index contributed by atoms with van der Waals surface area (Å²) in [4.78, 5) is 5.09. The largest absolute Gasteiger partial charge is 0.387 e. The summed E-state index contributed by atoms with van der Waals surface area (Å²) in [5.74, 6) is 2.34. The second-order valence-electron chi connectivity index (χ2n) is 6.04. The molecule has 4 N–H and O–H groups in total. The van der Waals surface area contributed by atoms with Gasteiger partial charge in [-0.3, -0.25) is 4.99 Å². The van der Waals surface area contributed by atoms with Crippen LogP contribution in [0.2, 0.25) is 0 Å². The van der Waals surface area contributed by atoms with Gasteiger partial charge in [-0.2, -0.15) is 11.8 Å². The molecule has 1 aliphatic heterocycles. The summed E-state index contributed by atoms with van der Waals surface area (Å²) in [5, 5.41) is 28.2. The molecule has 0 radical (unpaired) electrons. The Labute approximate surface area is 173 Å². The van der Waals surface area contributed by atoms with Gasteiger partial charge in [-0.1, -0.05) is 18.2 Å². The van der Waals surface area contributed by atoms with E-state index in [9.17, 15) is 10.2 Å². The standard InChI is InChI=1S/C17H23N3O2S2.HI/c1-18-16(20-10-17(22)6-7-23-11-17)19-9-13(21)15-8-12-4-2-3-5-14(12)24-15;/h2-5,8,13,21-22H,6-7,9-11H2,1H3,(H2,18,19,20);1H. The normalized spacial score (nSPS) is 21.8. The Morgan fingerprint density at radius 3 is 2.84 bits per heavy atom.